The first kappa shape index (κ1) is 16.9. The molecule has 0 aromatic heterocycles. The van der Waals surface area contributed by atoms with Crippen LogP contribution in [0.15, 0.2) is 18.2 Å². The lowest BCUT2D eigenvalue weighted by Crippen LogP contribution is -2.38. The van der Waals surface area contributed by atoms with E-state index in [-0.39, 0.29) is 18.4 Å². The molecular weight excluding hydrogens is 300 g/mol. The van der Waals surface area contributed by atoms with Gasteiger partial charge in [-0.25, -0.2) is 4.79 Å². The van der Waals surface area contributed by atoms with Gasteiger partial charge in [0.25, 0.3) is 0 Å². The van der Waals surface area contributed by atoms with Crippen LogP contribution in [0.5, 0.6) is 0 Å². The fourth-order valence-corrected chi connectivity index (χ4v) is 3.20. The molecule has 2 aliphatic heterocycles. The van der Waals surface area contributed by atoms with Gasteiger partial charge in [-0.2, -0.15) is 0 Å². The molecule has 0 aliphatic carbocycles. The van der Waals surface area contributed by atoms with Gasteiger partial charge in [0.05, 0.1) is 0 Å². The Morgan fingerprint density at radius 3 is 3.00 bits per heavy atom. The zero-order chi connectivity index (χ0) is 14.8. The number of halogens is 1. The van der Waals surface area contributed by atoms with E-state index in [1.165, 1.54) is 16.8 Å². The number of fused-ring (bicyclic) bond motifs is 1. The summed E-state index contributed by atoms with van der Waals surface area (Å²) < 4.78 is 0. The quantitative estimate of drug-likeness (QED) is 0.874. The predicted octanol–water partition coefficient (Wildman–Crippen LogP) is 1.92. The molecule has 1 saturated heterocycles. The number of nitrogens with one attached hydrogen (secondary N) is 2. The normalized spacial score (nSPS) is 20.1. The van der Waals surface area contributed by atoms with Gasteiger partial charge in [-0.15, -0.1) is 12.4 Å². The summed E-state index contributed by atoms with van der Waals surface area (Å²) in [4.78, 5) is 15.6. The zero-order valence-corrected chi connectivity index (χ0v) is 14.1. The highest BCUT2D eigenvalue weighted by Gasteiger charge is 2.27. The lowest BCUT2D eigenvalue weighted by molar-refractivity contribution is 0.181. The largest absolute Gasteiger partial charge is 0.380 e. The van der Waals surface area contributed by atoms with E-state index >= 15 is 0 Å². The van der Waals surface area contributed by atoms with Crippen LogP contribution in [0.2, 0.25) is 0 Å². The van der Waals surface area contributed by atoms with Crippen molar-refractivity contribution in [3.8, 4) is 0 Å². The number of benzene rings is 1. The topological polar surface area (TPSA) is 47.6 Å². The highest BCUT2D eigenvalue weighted by molar-refractivity contribution is 5.85. The van der Waals surface area contributed by atoms with Crippen LogP contribution in [-0.4, -0.2) is 55.6 Å². The number of anilines is 1. The van der Waals surface area contributed by atoms with E-state index < -0.39 is 0 Å². The molecule has 0 bridgehead atoms. The second kappa shape index (κ2) is 7.20. The monoisotopic (exact) mass is 324 g/mol. The molecule has 2 amide bonds. The molecule has 3 rings (SSSR count). The summed E-state index contributed by atoms with van der Waals surface area (Å²) in [6, 6.07) is 6.96. The van der Waals surface area contributed by atoms with Crippen molar-refractivity contribution in [2.24, 2.45) is 0 Å². The van der Waals surface area contributed by atoms with Crippen molar-refractivity contribution >= 4 is 24.1 Å². The van der Waals surface area contributed by atoms with E-state index in [2.05, 4.69) is 28.8 Å². The second-order valence-corrected chi connectivity index (χ2v) is 6.12. The molecule has 6 heteroatoms. The van der Waals surface area contributed by atoms with Crippen LogP contribution in [0.25, 0.3) is 0 Å². The zero-order valence-electron chi connectivity index (χ0n) is 13.3. The third kappa shape index (κ3) is 3.47. The summed E-state index contributed by atoms with van der Waals surface area (Å²) in [5.74, 6) is 0. The van der Waals surface area contributed by atoms with Crippen molar-refractivity contribution in [3.05, 3.63) is 29.3 Å². The van der Waals surface area contributed by atoms with E-state index in [0.29, 0.717) is 6.04 Å². The maximum Gasteiger partial charge on any atom is 0.319 e. The van der Waals surface area contributed by atoms with E-state index in [0.717, 1.165) is 39.0 Å². The molecule has 1 unspecified atom stereocenters. The first-order valence-electron chi connectivity index (χ1n) is 7.69. The van der Waals surface area contributed by atoms with Crippen LogP contribution in [0, 0.1) is 0 Å². The summed E-state index contributed by atoms with van der Waals surface area (Å²) in [5, 5.41) is 7.08. The van der Waals surface area contributed by atoms with E-state index in [1.807, 2.05) is 19.0 Å². The fraction of sp³-hybridized carbons (Fsp3) is 0.562. The van der Waals surface area contributed by atoms with Gasteiger partial charge >= 0.3 is 6.03 Å². The van der Waals surface area contributed by atoms with Crippen molar-refractivity contribution in [3.63, 3.8) is 0 Å². The summed E-state index contributed by atoms with van der Waals surface area (Å²) in [5.41, 5.74) is 4.06. The standard InChI is InChI=1S/C16H24N4O.ClH/c1-19(2)16(21)20-9-7-13(11-20)18-15-5-3-4-12-6-8-17-10-14(12)15;/h3-5,13,17-18H,6-11H2,1-2H3;1H. The predicted molar refractivity (Wildman–Crippen MR) is 91.8 cm³/mol. The Morgan fingerprint density at radius 2 is 2.23 bits per heavy atom. The Morgan fingerprint density at radius 1 is 1.41 bits per heavy atom. The van der Waals surface area contributed by atoms with Crippen molar-refractivity contribution in [2.45, 2.75) is 25.4 Å². The number of amides is 2. The third-order valence-electron chi connectivity index (χ3n) is 4.35. The van der Waals surface area contributed by atoms with Crippen LogP contribution in [0.3, 0.4) is 0 Å². The lowest BCUT2D eigenvalue weighted by Gasteiger charge is -2.24. The molecule has 1 aromatic carbocycles. The molecule has 0 radical (unpaired) electrons. The molecular formula is C16H25ClN4O. The molecule has 0 spiro atoms. The second-order valence-electron chi connectivity index (χ2n) is 6.12. The van der Waals surface area contributed by atoms with E-state index in [1.54, 1.807) is 4.90 Å². The van der Waals surface area contributed by atoms with Crippen LogP contribution >= 0.6 is 12.4 Å². The minimum Gasteiger partial charge on any atom is -0.380 e. The molecule has 0 saturated carbocycles. The number of carbonyl (C=O) groups is 1. The molecule has 1 atom stereocenters. The van der Waals surface area contributed by atoms with Crippen molar-refractivity contribution < 1.29 is 4.79 Å². The highest BCUT2D eigenvalue weighted by Crippen LogP contribution is 2.25. The summed E-state index contributed by atoms with van der Waals surface area (Å²) in [7, 11) is 3.62. The number of hydrogen-bond acceptors (Lipinski definition) is 3. The molecule has 2 aliphatic rings. The van der Waals surface area contributed by atoms with Crippen LogP contribution < -0.4 is 10.6 Å². The Kier molecular flexibility index (Phi) is 5.53. The minimum atomic E-state index is 0. The van der Waals surface area contributed by atoms with Gasteiger partial charge in [0, 0.05) is 45.5 Å². The van der Waals surface area contributed by atoms with Crippen LogP contribution in [0.4, 0.5) is 10.5 Å². The van der Waals surface area contributed by atoms with Gasteiger partial charge < -0.3 is 20.4 Å². The SMILES string of the molecule is CN(C)C(=O)N1CCC(Nc2cccc3c2CNCC3)C1.Cl. The molecule has 122 valence electrons. The van der Waals surface area contributed by atoms with Gasteiger partial charge in [0.2, 0.25) is 0 Å². The van der Waals surface area contributed by atoms with Crippen molar-refractivity contribution in [1.82, 2.24) is 15.1 Å². The summed E-state index contributed by atoms with van der Waals surface area (Å²) >= 11 is 0. The van der Waals surface area contributed by atoms with Crippen LogP contribution in [-0.2, 0) is 13.0 Å². The van der Waals surface area contributed by atoms with Gasteiger partial charge in [-0.1, -0.05) is 12.1 Å². The molecule has 2 heterocycles. The lowest BCUT2D eigenvalue weighted by atomic mass is 9.99. The number of urea groups is 1. The number of carbonyl (C=O) groups excluding carboxylic acids is 1. The highest BCUT2D eigenvalue weighted by atomic mass is 35.5. The average molecular weight is 325 g/mol. The van der Waals surface area contributed by atoms with Gasteiger partial charge in [0.15, 0.2) is 0 Å². The average Bonchev–Trinajstić information content (AvgIpc) is 2.95. The summed E-state index contributed by atoms with van der Waals surface area (Å²) in [6.07, 6.45) is 2.11. The van der Waals surface area contributed by atoms with Crippen LogP contribution in [0.1, 0.15) is 17.5 Å². The smallest absolute Gasteiger partial charge is 0.319 e. The van der Waals surface area contributed by atoms with Gasteiger partial charge in [0.1, 0.15) is 0 Å². The number of hydrogen-bond donors (Lipinski definition) is 2. The Bertz CT molecular complexity index is 535. The maximum absolute atomic E-state index is 12.0. The number of likely N-dealkylation sites (tertiary alicyclic amines) is 1. The minimum absolute atomic E-state index is 0. The molecule has 1 aromatic rings. The Hall–Kier alpha value is -1.46. The molecule has 2 N–H and O–H groups in total. The fourth-order valence-electron chi connectivity index (χ4n) is 3.20. The summed E-state index contributed by atoms with van der Waals surface area (Å²) in [6.45, 7) is 3.62. The molecule has 22 heavy (non-hydrogen) atoms. The van der Waals surface area contributed by atoms with E-state index in [9.17, 15) is 4.79 Å². The first-order valence-corrected chi connectivity index (χ1v) is 7.69. The first-order chi connectivity index (χ1) is 10.1. The van der Waals surface area contributed by atoms with Crippen molar-refractivity contribution in [1.29, 1.82) is 0 Å². The molecule has 5 nitrogen and oxygen atoms in total. The van der Waals surface area contributed by atoms with Gasteiger partial charge in [-0.3, -0.25) is 0 Å². The Balaban J connectivity index is 0.00000176. The third-order valence-corrected chi connectivity index (χ3v) is 4.35. The molecule has 1 fully saturated rings. The Labute approximate surface area is 138 Å². The number of nitrogens with zero attached hydrogens (tertiary/aromatic N) is 2. The van der Waals surface area contributed by atoms with E-state index in [4.69, 9.17) is 0 Å². The van der Waals surface area contributed by atoms with Gasteiger partial charge in [-0.05, 0) is 36.6 Å². The van der Waals surface area contributed by atoms with Crippen molar-refractivity contribution in [2.75, 3.05) is 39.0 Å². The number of rotatable bonds is 2. The maximum atomic E-state index is 12.0.